The van der Waals surface area contributed by atoms with E-state index in [1.165, 1.54) is 11.1 Å². The van der Waals surface area contributed by atoms with Gasteiger partial charge in [0.15, 0.2) is 0 Å². The van der Waals surface area contributed by atoms with Gasteiger partial charge in [-0.15, -0.1) is 0 Å². The van der Waals surface area contributed by atoms with Gasteiger partial charge in [-0.2, -0.15) is 5.10 Å². The minimum atomic E-state index is 0.614. The molecule has 2 aromatic rings. The maximum absolute atomic E-state index is 5.58. The van der Waals surface area contributed by atoms with Crippen molar-refractivity contribution < 1.29 is 0 Å². The second kappa shape index (κ2) is 5.02. The van der Waals surface area contributed by atoms with E-state index in [4.69, 9.17) is 5.73 Å². The zero-order valence-corrected chi connectivity index (χ0v) is 11.7. The molecule has 3 nitrogen and oxygen atoms in total. The fraction of sp³-hybridized carbons (Fsp3) is 0.308. The Balaban J connectivity index is 2.48. The highest BCUT2D eigenvalue weighted by atomic mass is 79.9. The molecule has 0 radical (unpaired) electrons. The van der Waals surface area contributed by atoms with Crippen LogP contribution in [0.4, 0.5) is 0 Å². The number of nitrogens with two attached hydrogens (primary N) is 1. The number of halogens is 1. The van der Waals surface area contributed by atoms with Crippen LogP contribution >= 0.6 is 15.9 Å². The van der Waals surface area contributed by atoms with E-state index in [-0.39, 0.29) is 0 Å². The molecule has 4 heteroatoms. The largest absolute Gasteiger partial charge is 0.330 e. The Morgan fingerprint density at radius 1 is 1.29 bits per heavy atom. The highest BCUT2D eigenvalue weighted by molar-refractivity contribution is 9.10. The lowest BCUT2D eigenvalue weighted by atomic mass is 10.1. The van der Waals surface area contributed by atoms with E-state index in [1.807, 2.05) is 11.7 Å². The molecule has 1 aromatic heterocycles. The first-order valence-corrected chi connectivity index (χ1v) is 6.41. The number of benzene rings is 1. The van der Waals surface area contributed by atoms with Crippen LogP contribution in [0.5, 0.6) is 0 Å². The zero-order chi connectivity index (χ0) is 12.4. The van der Waals surface area contributed by atoms with Gasteiger partial charge in [0.05, 0.1) is 15.9 Å². The molecule has 1 aromatic carbocycles. The van der Waals surface area contributed by atoms with E-state index in [2.05, 4.69) is 52.2 Å². The summed E-state index contributed by atoms with van der Waals surface area (Å²) in [4.78, 5) is 0. The number of nitrogens with zero attached hydrogens (tertiary/aromatic N) is 2. The highest BCUT2D eigenvalue weighted by Gasteiger charge is 2.14. The summed E-state index contributed by atoms with van der Waals surface area (Å²) in [6.07, 6.45) is 0.792. The Bertz CT molecular complexity index is 514. The van der Waals surface area contributed by atoms with Crippen LogP contribution in [0, 0.1) is 6.92 Å². The van der Waals surface area contributed by atoms with Crippen LogP contribution in [0.3, 0.4) is 0 Å². The Kier molecular flexibility index (Phi) is 3.64. The van der Waals surface area contributed by atoms with E-state index < -0.39 is 0 Å². The third-order valence-electron chi connectivity index (χ3n) is 2.76. The van der Waals surface area contributed by atoms with Crippen molar-refractivity contribution in [1.82, 2.24) is 9.78 Å². The van der Waals surface area contributed by atoms with Crippen molar-refractivity contribution in [2.24, 2.45) is 12.8 Å². The second-order valence-electron chi connectivity index (χ2n) is 4.14. The fourth-order valence-electron chi connectivity index (χ4n) is 1.88. The van der Waals surface area contributed by atoms with E-state index in [9.17, 15) is 0 Å². The number of hydrogen-bond acceptors (Lipinski definition) is 2. The molecule has 0 saturated heterocycles. The zero-order valence-electron chi connectivity index (χ0n) is 10.1. The molecule has 0 bridgehead atoms. The summed E-state index contributed by atoms with van der Waals surface area (Å²) in [6.45, 7) is 2.70. The molecular formula is C13H16BrN3. The van der Waals surface area contributed by atoms with Gasteiger partial charge in [-0.3, -0.25) is 4.68 Å². The van der Waals surface area contributed by atoms with Crippen molar-refractivity contribution in [3.05, 3.63) is 40.0 Å². The molecule has 0 atom stereocenters. The van der Waals surface area contributed by atoms with Crippen LogP contribution in [0.15, 0.2) is 28.7 Å². The molecule has 17 heavy (non-hydrogen) atoms. The summed E-state index contributed by atoms with van der Waals surface area (Å²) in [5.41, 5.74) is 10.1. The summed E-state index contributed by atoms with van der Waals surface area (Å²) >= 11 is 3.62. The van der Waals surface area contributed by atoms with E-state index >= 15 is 0 Å². The number of hydrogen-bond donors (Lipinski definition) is 1. The van der Waals surface area contributed by atoms with Gasteiger partial charge in [0, 0.05) is 19.0 Å². The quantitative estimate of drug-likeness (QED) is 0.945. The van der Waals surface area contributed by atoms with Crippen molar-refractivity contribution in [3.8, 4) is 11.3 Å². The van der Waals surface area contributed by atoms with Crippen molar-refractivity contribution >= 4 is 15.9 Å². The molecule has 2 rings (SSSR count). The molecule has 0 aliphatic heterocycles. The van der Waals surface area contributed by atoms with Crippen molar-refractivity contribution in [2.45, 2.75) is 13.3 Å². The predicted octanol–water partition coefficient (Wildman–Crippen LogP) is 2.66. The molecule has 2 N–H and O–H groups in total. The number of aryl methyl sites for hydroxylation is 2. The first-order chi connectivity index (χ1) is 8.13. The average Bonchev–Trinajstić information content (AvgIpc) is 2.57. The van der Waals surface area contributed by atoms with Crippen LogP contribution in [0.25, 0.3) is 11.3 Å². The van der Waals surface area contributed by atoms with Gasteiger partial charge in [0.2, 0.25) is 0 Å². The first-order valence-electron chi connectivity index (χ1n) is 5.62. The number of rotatable bonds is 3. The maximum atomic E-state index is 5.58. The van der Waals surface area contributed by atoms with Gasteiger partial charge in [0.1, 0.15) is 0 Å². The summed E-state index contributed by atoms with van der Waals surface area (Å²) < 4.78 is 2.95. The van der Waals surface area contributed by atoms with E-state index in [1.54, 1.807) is 0 Å². The Hall–Kier alpha value is -1.13. The maximum Gasteiger partial charge on any atom is 0.0824 e. The Morgan fingerprint density at radius 2 is 1.94 bits per heavy atom. The molecule has 0 unspecified atom stereocenters. The molecule has 0 amide bonds. The lowest BCUT2D eigenvalue weighted by molar-refractivity contribution is 0.745. The molecule has 0 aliphatic rings. The normalized spacial score (nSPS) is 10.8. The third-order valence-corrected chi connectivity index (χ3v) is 3.59. The molecule has 0 fully saturated rings. The molecule has 0 aliphatic carbocycles. The minimum Gasteiger partial charge on any atom is -0.330 e. The smallest absolute Gasteiger partial charge is 0.0824 e. The van der Waals surface area contributed by atoms with Crippen LogP contribution in [-0.4, -0.2) is 16.3 Å². The lowest BCUT2D eigenvalue weighted by Gasteiger charge is -2.03. The minimum absolute atomic E-state index is 0.614. The van der Waals surface area contributed by atoms with Gasteiger partial charge < -0.3 is 5.73 Å². The number of aromatic nitrogens is 2. The van der Waals surface area contributed by atoms with Gasteiger partial charge in [-0.1, -0.05) is 29.8 Å². The van der Waals surface area contributed by atoms with Crippen molar-refractivity contribution in [2.75, 3.05) is 6.54 Å². The van der Waals surface area contributed by atoms with Crippen molar-refractivity contribution in [1.29, 1.82) is 0 Å². The van der Waals surface area contributed by atoms with Crippen LogP contribution < -0.4 is 5.73 Å². The van der Waals surface area contributed by atoms with Crippen LogP contribution in [0.2, 0.25) is 0 Å². The first kappa shape index (κ1) is 12.3. The van der Waals surface area contributed by atoms with Gasteiger partial charge in [0.25, 0.3) is 0 Å². The summed E-state index contributed by atoms with van der Waals surface area (Å²) in [5.74, 6) is 0. The average molecular weight is 294 g/mol. The van der Waals surface area contributed by atoms with Gasteiger partial charge in [-0.25, -0.2) is 0 Å². The van der Waals surface area contributed by atoms with Crippen LogP contribution in [-0.2, 0) is 13.5 Å². The summed E-state index contributed by atoms with van der Waals surface area (Å²) in [7, 11) is 1.96. The van der Waals surface area contributed by atoms with Gasteiger partial charge >= 0.3 is 0 Å². The third kappa shape index (κ3) is 2.42. The molecule has 90 valence electrons. The van der Waals surface area contributed by atoms with E-state index in [0.717, 1.165) is 22.3 Å². The lowest BCUT2D eigenvalue weighted by Crippen LogP contribution is -2.04. The summed E-state index contributed by atoms with van der Waals surface area (Å²) in [6, 6.07) is 8.45. The van der Waals surface area contributed by atoms with E-state index in [0.29, 0.717) is 6.54 Å². The Labute approximate surface area is 110 Å². The second-order valence-corrected chi connectivity index (χ2v) is 4.93. The predicted molar refractivity (Wildman–Crippen MR) is 73.8 cm³/mol. The topological polar surface area (TPSA) is 43.8 Å². The monoisotopic (exact) mass is 293 g/mol. The van der Waals surface area contributed by atoms with Crippen LogP contribution in [0.1, 0.15) is 11.3 Å². The molecule has 1 heterocycles. The highest BCUT2D eigenvalue weighted by Crippen LogP contribution is 2.30. The molecule has 0 saturated carbocycles. The Morgan fingerprint density at radius 3 is 2.53 bits per heavy atom. The SMILES string of the molecule is Cc1ccc(-c2c(Br)c(CCN)nn2C)cc1. The molecule has 0 spiro atoms. The fourth-order valence-corrected chi connectivity index (χ4v) is 2.64. The van der Waals surface area contributed by atoms with Crippen molar-refractivity contribution in [3.63, 3.8) is 0 Å². The standard InChI is InChI=1S/C13H16BrN3/c1-9-3-5-10(6-4-9)13-12(14)11(7-8-15)16-17(13)2/h3-6H,7-8,15H2,1-2H3. The summed E-state index contributed by atoms with van der Waals surface area (Å²) in [5, 5.41) is 4.49. The molecular weight excluding hydrogens is 278 g/mol. The van der Waals surface area contributed by atoms with Gasteiger partial charge in [-0.05, 0) is 29.4 Å².